The van der Waals surface area contributed by atoms with Gasteiger partial charge in [-0.3, -0.25) is 4.79 Å². The highest BCUT2D eigenvalue weighted by atomic mass is 79.9. The van der Waals surface area contributed by atoms with Crippen LogP contribution in [0.4, 0.5) is 4.39 Å². The summed E-state index contributed by atoms with van der Waals surface area (Å²) in [4.78, 5) is 11.6. The first-order valence-electron chi connectivity index (χ1n) is 8.13. The molecule has 1 N–H and O–H groups in total. The van der Waals surface area contributed by atoms with Gasteiger partial charge in [0, 0.05) is 10.9 Å². The van der Waals surface area contributed by atoms with Gasteiger partial charge in [0.25, 0.3) is 0 Å². The van der Waals surface area contributed by atoms with Crippen LogP contribution in [0.5, 0.6) is 5.75 Å². The van der Waals surface area contributed by atoms with Crippen LogP contribution in [0.1, 0.15) is 24.2 Å². The van der Waals surface area contributed by atoms with E-state index >= 15 is 0 Å². The van der Waals surface area contributed by atoms with Gasteiger partial charge in [0.2, 0.25) is 0 Å². The summed E-state index contributed by atoms with van der Waals surface area (Å²) in [6, 6.07) is 9.38. The maximum Gasteiger partial charge on any atom is 0.154 e. The highest BCUT2D eigenvalue weighted by molar-refractivity contribution is 9.10. The molecule has 3 rings (SSSR count). The van der Waals surface area contributed by atoms with E-state index in [1.807, 2.05) is 27.9 Å². The number of nitrogens with one attached hydrogen (secondary N) is 1. The molecule has 0 atom stereocenters. The number of hydrogen-bond acceptors (Lipinski definition) is 4. The summed E-state index contributed by atoms with van der Waals surface area (Å²) in [5, 5.41) is 3.41. The van der Waals surface area contributed by atoms with Crippen molar-refractivity contribution < 1.29 is 18.3 Å². The maximum absolute atomic E-state index is 13.1. The van der Waals surface area contributed by atoms with Gasteiger partial charge in [-0.2, -0.15) is 0 Å². The number of carbonyl (C=O) groups is 1. The van der Waals surface area contributed by atoms with Crippen molar-refractivity contribution >= 4 is 33.2 Å². The second-order valence-electron chi connectivity index (χ2n) is 5.92. The molecular weight excluding hydrogens is 401 g/mol. The minimum atomic E-state index is -0.340. The SMILES string of the molecule is CC(C)Oc1cc2c(C=O)c(-c3ccc(F)cc3)oc2cc1Br.CNC. The molecule has 1 aromatic heterocycles. The molecule has 2 aromatic carbocycles. The van der Waals surface area contributed by atoms with Crippen molar-refractivity contribution in [2.45, 2.75) is 20.0 Å². The monoisotopic (exact) mass is 421 g/mol. The van der Waals surface area contributed by atoms with E-state index in [2.05, 4.69) is 21.2 Å². The highest BCUT2D eigenvalue weighted by Gasteiger charge is 2.18. The van der Waals surface area contributed by atoms with Crippen molar-refractivity contribution in [1.82, 2.24) is 5.32 Å². The Bertz CT molecular complexity index is 888. The van der Waals surface area contributed by atoms with E-state index < -0.39 is 0 Å². The van der Waals surface area contributed by atoms with Crippen LogP contribution in [0.15, 0.2) is 45.3 Å². The number of benzene rings is 2. The largest absolute Gasteiger partial charge is 0.490 e. The lowest BCUT2D eigenvalue weighted by molar-refractivity contribution is 0.112. The summed E-state index contributed by atoms with van der Waals surface area (Å²) in [6.07, 6.45) is 0.754. The van der Waals surface area contributed by atoms with Crippen molar-refractivity contribution in [1.29, 1.82) is 0 Å². The summed E-state index contributed by atoms with van der Waals surface area (Å²) in [7, 11) is 3.75. The molecular formula is C20H21BrFNO3. The third-order valence-corrected chi connectivity index (χ3v) is 3.99. The molecule has 6 heteroatoms. The van der Waals surface area contributed by atoms with E-state index in [9.17, 15) is 9.18 Å². The third-order valence-electron chi connectivity index (χ3n) is 3.37. The van der Waals surface area contributed by atoms with Gasteiger partial charge in [-0.15, -0.1) is 0 Å². The first-order chi connectivity index (χ1) is 12.4. The van der Waals surface area contributed by atoms with Gasteiger partial charge in [0.15, 0.2) is 6.29 Å². The van der Waals surface area contributed by atoms with Crippen LogP contribution in [-0.4, -0.2) is 26.5 Å². The number of rotatable bonds is 4. The molecule has 0 saturated carbocycles. The van der Waals surface area contributed by atoms with E-state index in [-0.39, 0.29) is 11.9 Å². The maximum atomic E-state index is 13.1. The number of hydrogen-bond donors (Lipinski definition) is 1. The Hall–Kier alpha value is -2.18. The standard InChI is InChI=1S/C18H14BrFO3.C2H7N/c1-10(2)22-17-7-13-14(9-21)18(23-16(13)8-15(17)19)11-3-5-12(20)6-4-11;1-3-2/h3-10H,1-2H3;3H,1-2H3. The van der Waals surface area contributed by atoms with Crippen molar-refractivity contribution in [3.05, 3.63) is 52.3 Å². The topological polar surface area (TPSA) is 51.5 Å². The number of ether oxygens (including phenoxy) is 1. The van der Waals surface area contributed by atoms with Gasteiger partial charge >= 0.3 is 0 Å². The molecule has 0 bridgehead atoms. The Morgan fingerprint density at radius 1 is 1.19 bits per heavy atom. The van der Waals surface area contributed by atoms with Crippen molar-refractivity contribution in [2.75, 3.05) is 14.1 Å². The summed E-state index contributed by atoms with van der Waals surface area (Å²) in [5.74, 6) is 0.721. The molecule has 0 radical (unpaired) electrons. The predicted molar refractivity (Wildman–Crippen MR) is 105 cm³/mol. The molecule has 26 heavy (non-hydrogen) atoms. The number of fused-ring (bicyclic) bond motifs is 1. The van der Waals surface area contributed by atoms with E-state index in [4.69, 9.17) is 9.15 Å². The minimum Gasteiger partial charge on any atom is -0.490 e. The molecule has 0 aliphatic carbocycles. The number of aldehydes is 1. The molecule has 0 aliphatic heterocycles. The fraction of sp³-hybridized carbons (Fsp3) is 0.250. The highest BCUT2D eigenvalue weighted by Crippen LogP contribution is 2.38. The lowest BCUT2D eigenvalue weighted by atomic mass is 10.1. The molecule has 0 spiro atoms. The van der Waals surface area contributed by atoms with Crippen molar-refractivity contribution in [2.24, 2.45) is 0 Å². The average Bonchev–Trinajstić information content (AvgIpc) is 2.93. The summed E-state index contributed by atoms with van der Waals surface area (Å²) in [5.41, 5.74) is 1.63. The summed E-state index contributed by atoms with van der Waals surface area (Å²) < 4.78 is 25.4. The summed E-state index contributed by atoms with van der Waals surface area (Å²) in [6.45, 7) is 3.85. The predicted octanol–water partition coefficient (Wildman–Crippen LogP) is 5.44. The molecule has 138 valence electrons. The Balaban J connectivity index is 0.000000758. The van der Waals surface area contributed by atoms with E-state index in [1.165, 1.54) is 12.1 Å². The molecule has 4 nitrogen and oxygen atoms in total. The zero-order chi connectivity index (χ0) is 19.3. The first-order valence-corrected chi connectivity index (χ1v) is 8.92. The smallest absolute Gasteiger partial charge is 0.154 e. The lowest BCUT2D eigenvalue weighted by Crippen LogP contribution is -2.05. The molecule has 0 saturated heterocycles. The third kappa shape index (κ3) is 4.51. The Morgan fingerprint density at radius 2 is 1.81 bits per heavy atom. The average molecular weight is 422 g/mol. The first kappa shape index (κ1) is 20.1. The second kappa shape index (κ2) is 8.96. The van der Waals surface area contributed by atoms with Gasteiger partial charge in [-0.25, -0.2) is 4.39 Å². The van der Waals surface area contributed by atoms with Gasteiger partial charge in [0.05, 0.1) is 16.1 Å². The summed E-state index contributed by atoms with van der Waals surface area (Å²) >= 11 is 3.44. The molecule has 0 amide bonds. The van der Waals surface area contributed by atoms with Crippen LogP contribution < -0.4 is 10.1 Å². The van der Waals surface area contributed by atoms with Crippen LogP contribution in [0, 0.1) is 5.82 Å². The van der Waals surface area contributed by atoms with E-state index in [0.717, 1.165) is 10.8 Å². The van der Waals surface area contributed by atoms with Crippen LogP contribution in [0.25, 0.3) is 22.3 Å². The van der Waals surface area contributed by atoms with Crippen LogP contribution in [0.2, 0.25) is 0 Å². The zero-order valence-corrected chi connectivity index (χ0v) is 16.7. The van der Waals surface area contributed by atoms with Gasteiger partial charge in [-0.1, -0.05) is 0 Å². The van der Waals surface area contributed by atoms with Crippen LogP contribution in [0.3, 0.4) is 0 Å². The minimum absolute atomic E-state index is 0.00639. The van der Waals surface area contributed by atoms with E-state index in [1.54, 1.807) is 24.3 Å². The Labute approximate surface area is 160 Å². The Morgan fingerprint density at radius 3 is 2.35 bits per heavy atom. The fourth-order valence-electron chi connectivity index (χ4n) is 2.39. The molecule has 0 unspecified atom stereocenters. The quantitative estimate of drug-likeness (QED) is 0.570. The van der Waals surface area contributed by atoms with Crippen LogP contribution >= 0.6 is 15.9 Å². The van der Waals surface area contributed by atoms with E-state index in [0.29, 0.717) is 33.6 Å². The molecule has 0 aliphatic rings. The lowest BCUT2D eigenvalue weighted by Gasteiger charge is -2.11. The Kier molecular flexibility index (Phi) is 6.94. The molecule has 3 aromatic rings. The fourth-order valence-corrected chi connectivity index (χ4v) is 2.81. The second-order valence-corrected chi connectivity index (χ2v) is 6.77. The molecule has 0 fully saturated rings. The number of furan rings is 1. The van der Waals surface area contributed by atoms with Crippen LogP contribution in [-0.2, 0) is 0 Å². The van der Waals surface area contributed by atoms with Crippen molar-refractivity contribution in [3.8, 4) is 17.1 Å². The molecule has 1 heterocycles. The number of carbonyl (C=O) groups excluding carboxylic acids is 1. The van der Waals surface area contributed by atoms with Crippen molar-refractivity contribution in [3.63, 3.8) is 0 Å². The number of halogens is 2. The van der Waals surface area contributed by atoms with Gasteiger partial charge in [0.1, 0.15) is 22.9 Å². The normalized spacial score (nSPS) is 10.6. The van der Waals surface area contributed by atoms with Gasteiger partial charge < -0.3 is 14.5 Å². The zero-order valence-electron chi connectivity index (χ0n) is 15.1. The van der Waals surface area contributed by atoms with Gasteiger partial charge in [-0.05, 0) is 80.3 Å².